The van der Waals surface area contributed by atoms with Crippen molar-refractivity contribution in [3.05, 3.63) is 49.9 Å². The lowest BCUT2D eigenvalue weighted by molar-refractivity contribution is 0.0691. The van der Waals surface area contributed by atoms with Gasteiger partial charge < -0.3 is 10.4 Å². The monoisotopic (exact) mass is 344 g/mol. The van der Waals surface area contributed by atoms with E-state index >= 15 is 0 Å². The SMILES string of the molecule is CC(NC(=O)c1cccc(Cl)c1Cl)c1nc(C(=O)O)cs1. The molecule has 0 aliphatic carbocycles. The second-order valence-electron chi connectivity index (χ2n) is 4.17. The molecule has 0 spiro atoms. The molecule has 0 saturated heterocycles. The number of nitrogens with one attached hydrogen (secondary N) is 1. The van der Waals surface area contributed by atoms with Crippen LogP contribution in [0.2, 0.25) is 10.0 Å². The Balaban J connectivity index is 2.14. The zero-order chi connectivity index (χ0) is 15.6. The van der Waals surface area contributed by atoms with Gasteiger partial charge in [0.15, 0.2) is 5.69 Å². The summed E-state index contributed by atoms with van der Waals surface area (Å²) < 4.78 is 0. The van der Waals surface area contributed by atoms with Crippen LogP contribution in [-0.2, 0) is 0 Å². The lowest BCUT2D eigenvalue weighted by Crippen LogP contribution is -2.27. The third kappa shape index (κ3) is 3.53. The molecule has 0 bridgehead atoms. The van der Waals surface area contributed by atoms with Crippen LogP contribution in [-0.4, -0.2) is 22.0 Å². The van der Waals surface area contributed by atoms with Crippen LogP contribution in [0.1, 0.15) is 38.8 Å². The predicted molar refractivity (Wildman–Crippen MR) is 81.4 cm³/mol. The number of amides is 1. The lowest BCUT2D eigenvalue weighted by atomic mass is 10.2. The number of halogens is 2. The molecule has 0 fully saturated rings. The highest BCUT2D eigenvalue weighted by atomic mass is 35.5. The average Bonchev–Trinajstić information content (AvgIpc) is 2.91. The van der Waals surface area contributed by atoms with Gasteiger partial charge in [-0.25, -0.2) is 9.78 Å². The number of carboxylic acids is 1. The number of hydrogen-bond acceptors (Lipinski definition) is 4. The zero-order valence-corrected chi connectivity index (χ0v) is 13.1. The molecule has 1 amide bonds. The molecule has 2 aromatic rings. The molecule has 0 aliphatic heterocycles. The Morgan fingerprint density at radius 2 is 2.10 bits per heavy atom. The van der Waals surface area contributed by atoms with E-state index in [1.165, 1.54) is 5.38 Å². The van der Waals surface area contributed by atoms with Crippen molar-refractivity contribution in [1.29, 1.82) is 0 Å². The van der Waals surface area contributed by atoms with Crippen LogP contribution in [0.4, 0.5) is 0 Å². The van der Waals surface area contributed by atoms with Crippen molar-refractivity contribution in [3.8, 4) is 0 Å². The average molecular weight is 345 g/mol. The molecular formula is C13H10Cl2N2O3S. The van der Waals surface area contributed by atoms with Gasteiger partial charge in [0, 0.05) is 5.38 Å². The molecule has 0 saturated carbocycles. The minimum Gasteiger partial charge on any atom is -0.476 e. The summed E-state index contributed by atoms with van der Waals surface area (Å²) in [6, 6.07) is 4.33. The minimum atomic E-state index is -1.10. The Kier molecular flexibility index (Phi) is 4.82. The summed E-state index contributed by atoms with van der Waals surface area (Å²) in [7, 11) is 0. The number of rotatable bonds is 4. The maximum atomic E-state index is 12.1. The quantitative estimate of drug-likeness (QED) is 0.887. The van der Waals surface area contributed by atoms with Gasteiger partial charge in [-0.1, -0.05) is 29.3 Å². The smallest absolute Gasteiger partial charge is 0.355 e. The van der Waals surface area contributed by atoms with Crippen LogP contribution in [0.3, 0.4) is 0 Å². The lowest BCUT2D eigenvalue weighted by Gasteiger charge is -2.12. The Morgan fingerprint density at radius 1 is 1.38 bits per heavy atom. The van der Waals surface area contributed by atoms with E-state index in [0.717, 1.165) is 11.3 Å². The van der Waals surface area contributed by atoms with Gasteiger partial charge in [-0.2, -0.15) is 0 Å². The van der Waals surface area contributed by atoms with Crippen molar-refractivity contribution in [3.63, 3.8) is 0 Å². The number of benzene rings is 1. The Bertz CT molecular complexity index is 702. The normalized spacial score (nSPS) is 12.0. The summed E-state index contributed by atoms with van der Waals surface area (Å²) in [6.07, 6.45) is 0. The first-order valence-corrected chi connectivity index (χ1v) is 7.47. The van der Waals surface area contributed by atoms with Crippen molar-refractivity contribution in [2.24, 2.45) is 0 Å². The van der Waals surface area contributed by atoms with Crippen molar-refractivity contribution >= 4 is 46.4 Å². The number of hydrogen-bond donors (Lipinski definition) is 2. The van der Waals surface area contributed by atoms with E-state index in [4.69, 9.17) is 28.3 Å². The first kappa shape index (κ1) is 15.8. The van der Waals surface area contributed by atoms with Crippen LogP contribution in [0.25, 0.3) is 0 Å². The second kappa shape index (κ2) is 6.43. The van der Waals surface area contributed by atoms with Crippen LogP contribution in [0.15, 0.2) is 23.6 Å². The van der Waals surface area contributed by atoms with Gasteiger partial charge in [0.05, 0.1) is 21.7 Å². The van der Waals surface area contributed by atoms with Crippen molar-refractivity contribution < 1.29 is 14.7 Å². The van der Waals surface area contributed by atoms with E-state index in [1.807, 2.05) is 0 Å². The summed E-state index contributed by atoms with van der Waals surface area (Å²) in [6.45, 7) is 1.71. The molecule has 2 N–H and O–H groups in total. The van der Waals surface area contributed by atoms with E-state index in [2.05, 4.69) is 10.3 Å². The van der Waals surface area contributed by atoms with E-state index in [9.17, 15) is 9.59 Å². The molecular weight excluding hydrogens is 335 g/mol. The molecule has 2 rings (SSSR count). The summed E-state index contributed by atoms with van der Waals surface area (Å²) in [4.78, 5) is 26.9. The Labute approximate surface area is 134 Å². The second-order valence-corrected chi connectivity index (χ2v) is 5.85. The number of aromatic carboxylic acids is 1. The molecule has 21 heavy (non-hydrogen) atoms. The predicted octanol–water partition coefficient (Wildman–Crippen LogP) is 3.64. The fourth-order valence-electron chi connectivity index (χ4n) is 1.60. The highest BCUT2D eigenvalue weighted by Gasteiger charge is 2.18. The number of nitrogens with zero attached hydrogens (tertiary/aromatic N) is 1. The van der Waals surface area contributed by atoms with Gasteiger partial charge in [-0.15, -0.1) is 11.3 Å². The summed E-state index contributed by atoms with van der Waals surface area (Å²) in [5, 5.41) is 13.9. The summed E-state index contributed by atoms with van der Waals surface area (Å²) in [5.74, 6) is -1.50. The number of carbonyl (C=O) groups excluding carboxylic acids is 1. The van der Waals surface area contributed by atoms with Crippen LogP contribution < -0.4 is 5.32 Å². The molecule has 1 aromatic carbocycles. The Hall–Kier alpha value is -1.63. The third-order valence-electron chi connectivity index (χ3n) is 2.66. The van der Waals surface area contributed by atoms with Crippen LogP contribution in [0, 0.1) is 0 Å². The number of thiazole rings is 1. The molecule has 0 aliphatic rings. The molecule has 110 valence electrons. The summed E-state index contributed by atoms with van der Waals surface area (Å²) >= 11 is 13.0. The first-order chi connectivity index (χ1) is 9.90. The topological polar surface area (TPSA) is 79.3 Å². The van der Waals surface area contributed by atoms with Gasteiger partial charge >= 0.3 is 5.97 Å². The van der Waals surface area contributed by atoms with Crippen molar-refractivity contribution in [1.82, 2.24) is 10.3 Å². The number of aromatic nitrogens is 1. The molecule has 0 radical (unpaired) electrons. The molecule has 1 aromatic heterocycles. The van der Waals surface area contributed by atoms with Crippen LogP contribution >= 0.6 is 34.5 Å². The van der Waals surface area contributed by atoms with Crippen LogP contribution in [0.5, 0.6) is 0 Å². The van der Waals surface area contributed by atoms with Crippen molar-refractivity contribution in [2.45, 2.75) is 13.0 Å². The van der Waals surface area contributed by atoms with E-state index in [-0.39, 0.29) is 16.3 Å². The summed E-state index contributed by atoms with van der Waals surface area (Å²) in [5.41, 5.74) is 0.211. The highest BCUT2D eigenvalue weighted by Crippen LogP contribution is 2.26. The molecule has 8 heteroatoms. The highest BCUT2D eigenvalue weighted by molar-refractivity contribution is 7.09. The Morgan fingerprint density at radius 3 is 2.71 bits per heavy atom. The van der Waals surface area contributed by atoms with Gasteiger partial charge in [0.1, 0.15) is 5.01 Å². The molecule has 1 atom stereocenters. The maximum absolute atomic E-state index is 12.1. The maximum Gasteiger partial charge on any atom is 0.355 e. The van der Waals surface area contributed by atoms with Crippen molar-refractivity contribution in [2.75, 3.05) is 0 Å². The number of carboxylic acid groups (broad SMARTS) is 1. The van der Waals surface area contributed by atoms with E-state index in [0.29, 0.717) is 10.0 Å². The zero-order valence-electron chi connectivity index (χ0n) is 10.8. The fraction of sp³-hybridized carbons (Fsp3) is 0.154. The van der Waals surface area contributed by atoms with Gasteiger partial charge in [0.2, 0.25) is 0 Å². The third-order valence-corrected chi connectivity index (χ3v) is 4.50. The fourth-order valence-corrected chi connectivity index (χ4v) is 2.79. The van der Waals surface area contributed by atoms with Gasteiger partial charge in [-0.05, 0) is 19.1 Å². The molecule has 1 unspecified atom stereocenters. The number of carbonyl (C=O) groups is 2. The van der Waals surface area contributed by atoms with E-state index < -0.39 is 17.9 Å². The van der Waals surface area contributed by atoms with Gasteiger partial charge in [-0.3, -0.25) is 4.79 Å². The van der Waals surface area contributed by atoms with E-state index in [1.54, 1.807) is 25.1 Å². The minimum absolute atomic E-state index is 0.0445. The molecule has 5 nitrogen and oxygen atoms in total. The largest absolute Gasteiger partial charge is 0.476 e. The standard InChI is InChI=1S/C13H10Cl2N2O3S/c1-6(12-17-9(5-21-12)13(19)20)16-11(18)7-3-2-4-8(14)10(7)15/h2-6H,1H3,(H,16,18)(H,19,20). The first-order valence-electron chi connectivity index (χ1n) is 5.83. The van der Waals surface area contributed by atoms with Gasteiger partial charge in [0.25, 0.3) is 5.91 Å². The molecule has 1 heterocycles.